The van der Waals surface area contributed by atoms with Crippen molar-refractivity contribution in [3.05, 3.63) is 87.7 Å². The summed E-state index contributed by atoms with van der Waals surface area (Å²) in [5.74, 6) is -0.240. The van der Waals surface area contributed by atoms with Gasteiger partial charge in [0.2, 0.25) is 0 Å². The minimum Gasteiger partial charge on any atom is -0.295 e. The second-order valence-electron chi connectivity index (χ2n) is 6.33. The predicted octanol–water partition coefficient (Wildman–Crippen LogP) is 2.64. The number of hydrogen-bond acceptors (Lipinski definition) is 3. The van der Waals surface area contributed by atoms with Gasteiger partial charge in [0.05, 0.1) is 16.8 Å². The quantitative estimate of drug-likeness (QED) is 0.731. The van der Waals surface area contributed by atoms with E-state index in [4.69, 9.17) is 0 Å². The van der Waals surface area contributed by atoms with Crippen LogP contribution < -0.4 is 5.56 Å². The smallest absolute Gasteiger partial charge is 0.276 e. The third-order valence-corrected chi connectivity index (χ3v) is 4.51. The van der Waals surface area contributed by atoms with E-state index in [1.54, 1.807) is 20.2 Å². The molecule has 1 aliphatic heterocycles. The topological polar surface area (TPSA) is 70.5 Å². The van der Waals surface area contributed by atoms with E-state index in [2.05, 4.69) is 10.2 Å². The Morgan fingerprint density at radius 3 is 2.11 bits per heavy atom. The molecule has 4 rings (SSSR count). The lowest BCUT2D eigenvalue weighted by molar-refractivity contribution is -0.124. The van der Waals surface area contributed by atoms with E-state index in [1.807, 2.05) is 60.7 Å². The van der Waals surface area contributed by atoms with E-state index in [0.717, 1.165) is 11.1 Å². The summed E-state index contributed by atoms with van der Waals surface area (Å²) in [4.78, 5) is 25.4. The summed E-state index contributed by atoms with van der Waals surface area (Å²) in [5.41, 5.74) is 3.57. The van der Waals surface area contributed by atoms with Gasteiger partial charge < -0.3 is 0 Å². The molecule has 0 spiro atoms. The van der Waals surface area contributed by atoms with E-state index in [0.29, 0.717) is 22.5 Å². The Hall–Kier alpha value is -3.67. The third kappa shape index (κ3) is 2.91. The van der Waals surface area contributed by atoms with Crippen molar-refractivity contribution < 1.29 is 4.79 Å². The fourth-order valence-electron chi connectivity index (χ4n) is 3.13. The molecule has 1 aromatic heterocycles. The first-order valence-electron chi connectivity index (χ1n) is 8.55. The lowest BCUT2D eigenvalue weighted by Crippen LogP contribution is -2.18. The second-order valence-corrected chi connectivity index (χ2v) is 6.33. The number of likely N-dealkylation sites (N-methyl/N-ethyl adjacent to an activating group) is 1. The van der Waals surface area contributed by atoms with Gasteiger partial charge in [0, 0.05) is 25.2 Å². The average Bonchev–Trinajstić information content (AvgIpc) is 3.15. The van der Waals surface area contributed by atoms with E-state index in [-0.39, 0.29) is 11.5 Å². The lowest BCUT2D eigenvalue weighted by atomic mass is 9.99. The van der Waals surface area contributed by atoms with Crippen LogP contribution in [0.1, 0.15) is 11.1 Å². The van der Waals surface area contributed by atoms with Gasteiger partial charge in [0.15, 0.2) is 0 Å². The predicted molar refractivity (Wildman–Crippen MR) is 105 cm³/mol. The standard InChI is InChI=1S/C21H18N4O2/c1-24-20(26)16(18(22-24)14-9-5-3-6-10-14)13-17-19(23-25(2)21(17)27)15-11-7-4-8-12-15/h3-13,22H,1-2H3/b17-13+. The van der Waals surface area contributed by atoms with Crippen molar-refractivity contribution in [1.82, 2.24) is 14.8 Å². The zero-order valence-corrected chi connectivity index (χ0v) is 15.0. The highest BCUT2D eigenvalue weighted by molar-refractivity contribution is 6.33. The molecule has 0 radical (unpaired) electrons. The zero-order chi connectivity index (χ0) is 19.0. The fourth-order valence-corrected chi connectivity index (χ4v) is 3.13. The Morgan fingerprint density at radius 1 is 0.889 bits per heavy atom. The van der Waals surface area contributed by atoms with Gasteiger partial charge >= 0.3 is 0 Å². The number of aromatic amines is 1. The number of amides is 1. The van der Waals surface area contributed by atoms with Crippen LogP contribution in [0.2, 0.25) is 0 Å². The van der Waals surface area contributed by atoms with E-state index in [9.17, 15) is 9.59 Å². The summed E-state index contributed by atoms with van der Waals surface area (Å²) in [7, 11) is 3.27. The maximum absolute atomic E-state index is 12.7. The minimum absolute atomic E-state index is 0.198. The van der Waals surface area contributed by atoms with Crippen LogP contribution in [-0.4, -0.2) is 33.5 Å². The molecule has 2 aromatic carbocycles. The molecule has 1 N–H and O–H groups in total. The van der Waals surface area contributed by atoms with Crippen molar-refractivity contribution in [1.29, 1.82) is 0 Å². The molecule has 3 aromatic rings. The number of benzene rings is 2. The summed E-state index contributed by atoms with van der Waals surface area (Å²) in [6.45, 7) is 0. The molecule has 134 valence electrons. The highest BCUT2D eigenvalue weighted by Gasteiger charge is 2.29. The highest BCUT2D eigenvalue weighted by atomic mass is 16.2. The van der Waals surface area contributed by atoms with Crippen LogP contribution >= 0.6 is 0 Å². The number of nitrogens with one attached hydrogen (secondary N) is 1. The van der Waals surface area contributed by atoms with Crippen LogP contribution in [0.3, 0.4) is 0 Å². The monoisotopic (exact) mass is 358 g/mol. The summed E-state index contributed by atoms with van der Waals surface area (Å²) in [5, 5.41) is 8.75. The van der Waals surface area contributed by atoms with Crippen LogP contribution in [0.4, 0.5) is 0 Å². The van der Waals surface area contributed by atoms with Crippen molar-refractivity contribution in [2.24, 2.45) is 12.1 Å². The molecule has 0 aliphatic carbocycles. The number of carbonyl (C=O) groups is 1. The lowest BCUT2D eigenvalue weighted by Gasteiger charge is -2.03. The van der Waals surface area contributed by atoms with Crippen molar-refractivity contribution in [3.8, 4) is 11.3 Å². The number of H-pyrrole nitrogens is 1. The molecule has 1 amide bonds. The molecule has 0 bridgehead atoms. The summed E-state index contributed by atoms with van der Waals surface area (Å²) in [6.07, 6.45) is 1.64. The second kappa shape index (κ2) is 6.57. The molecule has 0 atom stereocenters. The van der Waals surface area contributed by atoms with Gasteiger partial charge in [0.1, 0.15) is 5.71 Å². The van der Waals surface area contributed by atoms with Crippen LogP contribution in [0, 0.1) is 0 Å². The molecule has 27 heavy (non-hydrogen) atoms. The molecule has 0 saturated carbocycles. The number of aromatic nitrogens is 2. The first-order chi connectivity index (χ1) is 13.1. The molecule has 0 fully saturated rings. The first-order valence-corrected chi connectivity index (χ1v) is 8.55. The molecule has 1 aliphatic rings. The van der Waals surface area contributed by atoms with Gasteiger partial charge in [-0.25, -0.2) is 5.01 Å². The van der Waals surface area contributed by atoms with Gasteiger partial charge in [-0.1, -0.05) is 60.7 Å². The van der Waals surface area contributed by atoms with Gasteiger partial charge in [-0.05, 0) is 6.08 Å². The average molecular weight is 358 g/mol. The van der Waals surface area contributed by atoms with Crippen LogP contribution in [0.25, 0.3) is 17.3 Å². The molecular formula is C21H18N4O2. The van der Waals surface area contributed by atoms with E-state index in [1.165, 1.54) is 9.69 Å². The summed E-state index contributed by atoms with van der Waals surface area (Å²) < 4.78 is 1.41. The van der Waals surface area contributed by atoms with Crippen molar-refractivity contribution in [2.75, 3.05) is 7.05 Å². The molecule has 2 heterocycles. The van der Waals surface area contributed by atoms with E-state index >= 15 is 0 Å². The number of hydrogen-bond donors (Lipinski definition) is 1. The molecule has 0 saturated heterocycles. The van der Waals surface area contributed by atoms with E-state index < -0.39 is 0 Å². The van der Waals surface area contributed by atoms with Gasteiger partial charge in [0.25, 0.3) is 11.5 Å². The largest absolute Gasteiger partial charge is 0.295 e. The van der Waals surface area contributed by atoms with Gasteiger partial charge in [-0.3, -0.25) is 19.4 Å². The maximum Gasteiger partial charge on any atom is 0.276 e. The maximum atomic E-state index is 12.7. The highest BCUT2D eigenvalue weighted by Crippen LogP contribution is 2.25. The minimum atomic E-state index is -0.240. The van der Waals surface area contributed by atoms with Crippen LogP contribution in [-0.2, 0) is 11.8 Å². The number of hydrazone groups is 1. The Balaban J connectivity index is 1.90. The van der Waals surface area contributed by atoms with Crippen LogP contribution in [0.5, 0.6) is 0 Å². The SMILES string of the molecule is CN1N=C(c2ccccc2)/C(=C\c2c(-c3ccccc3)[nH]n(C)c2=O)C1=O. The molecule has 6 heteroatoms. The van der Waals surface area contributed by atoms with Crippen molar-refractivity contribution in [3.63, 3.8) is 0 Å². The Kier molecular flexibility index (Phi) is 4.08. The third-order valence-electron chi connectivity index (χ3n) is 4.51. The summed E-state index contributed by atoms with van der Waals surface area (Å²) >= 11 is 0. The number of aryl methyl sites for hydroxylation is 1. The van der Waals surface area contributed by atoms with Crippen molar-refractivity contribution in [2.45, 2.75) is 0 Å². The Morgan fingerprint density at radius 2 is 1.48 bits per heavy atom. The normalized spacial score (nSPS) is 15.5. The molecule has 0 unspecified atom stereocenters. The first kappa shape index (κ1) is 16.8. The number of carbonyl (C=O) groups excluding carboxylic acids is 1. The fraction of sp³-hybridized carbons (Fsp3) is 0.0952. The Bertz CT molecular complexity index is 1120. The summed E-state index contributed by atoms with van der Waals surface area (Å²) in [6, 6.07) is 19.0. The molecule has 6 nitrogen and oxygen atoms in total. The number of rotatable bonds is 3. The Labute approximate surface area is 156 Å². The van der Waals surface area contributed by atoms with Crippen LogP contribution in [0.15, 0.2) is 76.1 Å². The van der Waals surface area contributed by atoms with Gasteiger partial charge in [-0.15, -0.1) is 0 Å². The zero-order valence-electron chi connectivity index (χ0n) is 15.0. The van der Waals surface area contributed by atoms with Gasteiger partial charge in [-0.2, -0.15) is 5.10 Å². The van der Waals surface area contributed by atoms with Crippen molar-refractivity contribution >= 4 is 17.7 Å². The molecular weight excluding hydrogens is 340 g/mol. The number of nitrogens with zero attached hydrogens (tertiary/aromatic N) is 3.